The van der Waals surface area contributed by atoms with Crippen molar-refractivity contribution in [3.8, 4) is 0 Å². The van der Waals surface area contributed by atoms with Crippen molar-refractivity contribution in [3.05, 3.63) is 53.9 Å². The Hall–Kier alpha value is -2.44. The highest BCUT2D eigenvalue weighted by atomic mass is 16.5. The molecule has 6 nitrogen and oxygen atoms in total. The van der Waals surface area contributed by atoms with E-state index in [4.69, 9.17) is 9.72 Å². The number of pyridine rings is 1. The predicted octanol–water partition coefficient (Wildman–Crippen LogP) is 3.71. The molecule has 3 aliphatic heterocycles. The first-order valence-electron chi connectivity index (χ1n) is 12.6. The van der Waals surface area contributed by atoms with Crippen molar-refractivity contribution < 1.29 is 9.53 Å². The van der Waals surface area contributed by atoms with E-state index in [9.17, 15) is 4.79 Å². The lowest BCUT2D eigenvalue weighted by molar-refractivity contribution is -0.123. The zero-order valence-corrected chi connectivity index (χ0v) is 19.8. The molecule has 0 unspecified atom stereocenters. The summed E-state index contributed by atoms with van der Waals surface area (Å²) in [6.07, 6.45) is 6.74. The van der Waals surface area contributed by atoms with Gasteiger partial charge in [-0.15, -0.1) is 0 Å². The van der Waals surface area contributed by atoms with Gasteiger partial charge in [-0.1, -0.05) is 12.1 Å². The van der Waals surface area contributed by atoms with Gasteiger partial charge >= 0.3 is 0 Å². The first kappa shape index (κ1) is 22.4. The molecule has 3 fully saturated rings. The maximum absolute atomic E-state index is 13.5. The molecule has 0 radical (unpaired) electrons. The molecule has 5 rings (SSSR count). The third kappa shape index (κ3) is 5.07. The van der Waals surface area contributed by atoms with Crippen LogP contribution in [0.3, 0.4) is 0 Å². The van der Waals surface area contributed by atoms with Gasteiger partial charge in [0.25, 0.3) is 0 Å². The third-order valence-electron chi connectivity index (χ3n) is 7.60. The molecular formula is C27H36N4O2. The third-order valence-corrected chi connectivity index (χ3v) is 7.60. The van der Waals surface area contributed by atoms with E-state index >= 15 is 0 Å². The molecule has 0 spiro atoms. The lowest BCUT2D eigenvalue weighted by atomic mass is 9.90. The van der Waals surface area contributed by atoms with Crippen LogP contribution in [0.5, 0.6) is 0 Å². The number of hydrogen-bond acceptors (Lipinski definition) is 5. The van der Waals surface area contributed by atoms with E-state index in [0.717, 1.165) is 89.4 Å². The van der Waals surface area contributed by atoms with Crippen LogP contribution in [0.25, 0.3) is 0 Å². The van der Waals surface area contributed by atoms with E-state index in [1.165, 1.54) is 11.3 Å². The number of piperidine rings is 1. The lowest BCUT2D eigenvalue weighted by Gasteiger charge is -2.36. The molecule has 4 heterocycles. The van der Waals surface area contributed by atoms with Gasteiger partial charge in [0, 0.05) is 70.2 Å². The molecule has 0 aliphatic carbocycles. The molecule has 2 aromatic rings. The number of piperazine rings is 1. The standard InChI is InChI=1S/C27H36N4O2/c1-29-14-16-30(17-15-29)26-5-2-12-28-25(26)20-23-4-3-13-31(27(23)32)24-8-6-21(7-9-24)22-10-18-33-19-11-22/h2,5-9,12,22-23H,3-4,10-11,13-20H2,1H3/t23-/m0/s1. The second-order valence-electron chi connectivity index (χ2n) is 9.77. The molecule has 3 saturated heterocycles. The SMILES string of the molecule is CN1CCN(c2cccnc2C[C@@H]2CCCN(c3ccc(C4CCOCC4)cc3)C2=O)CC1. The minimum atomic E-state index is -0.00460. The van der Waals surface area contributed by atoms with Crippen molar-refractivity contribution in [2.24, 2.45) is 5.92 Å². The number of nitrogens with zero attached hydrogens (tertiary/aromatic N) is 4. The Morgan fingerprint density at radius 2 is 1.73 bits per heavy atom. The fourth-order valence-electron chi connectivity index (χ4n) is 5.51. The van der Waals surface area contributed by atoms with Gasteiger partial charge in [-0.25, -0.2) is 0 Å². The van der Waals surface area contributed by atoms with Gasteiger partial charge < -0.3 is 19.4 Å². The second-order valence-corrected chi connectivity index (χ2v) is 9.77. The van der Waals surface area contributed by atoms with E-state index in [-0.39, 0.29) is 11.8 Å². The summed E-state index contributed by atoms with van der Waals surface area (Å²) in [7, 11) is 2.17. The number of carbonyl (C=O) groups excluding carboxylic acids is 1. The van der Waals surface area contributed by atoms with Gasteiger partial charge in [-0.2, -0.15) is 0 Å². The Balaban J connectivity index is 1.28. The van der Waals surface area contributed by atoms with Crippen molar-refractivity contribution in [1.29, 1.82) is 0 Å². The van der Waals surface area contributed by atoms with Crippen LogP contribution in [0.15, 0.2) is 42.6 Å². The Morgan fingerprint density at radius 3 is 2.48 bits per heavy atom. The summed E-state index contributed by atoms with van der Waals surface area (Å²) >= 11 is 0. The van der Waals surface area contributed by atoms with Crippen LogP contribution in [-0.4, -0.2) is 68.8 Å². The Labute approximate surface area is 197 Å². The monoisotopic (exact) mass is 448 g/mol. The lowest BCUT2D eigenvalue weighted by Crippen LogP contribution is -2.45. The van der Waals surface area contributed by atoms with E-state index in [1.54, 1.807) is 0 Å². The second kappa shape index (κ2) is 10.2. The fraction of sp³-hybridized carbons (Fsp3) is 0.556. The number of ether oxygens (including phenoxy) is 1. The van der Waals surface area contributed by atoms with Crippen molar-refractivity contribution in [3.63, 3.8) is 0 Å². The van der Waals surface area contributed by atoms with Crippen LogP contribution in [0.1, 0.15) is 42.9 Å². The molecule has 1 atom stereocenters. The number of carbonyl (C=O) groups is 1. The molecule has 6 heteroatoms. The van der Waals surface area contributed by atoms with Crippen molar-refractivity contribution >= 4 is 17.3 Å². The molecular weight excluding hydrogens is 412 g/mol. The van der Waals surface area contributed by atoms with Gasteiger partial charge in [-0.3, -0.25) is 9.78 Å². The summed E-state index contributed by atoms with van der Waals surface area (Å²) in [6, 6.07) is 12.9. The highest BCUT2D eigenvalue weighted by Gasteiger charge is 2.31. The van der Waals surface area contributed by atoms with E-state index < -0.39 is 0 Å². The number of anilines is 2. The first-order chi connectivity index (χ1) is 16.2. The van der Waals surface area contributed by atoms with Crippen molar-refractivity contribution in [2.45, 2.75) is 38.0 Å². The fourth-order valence-corrected chi connectivity index (χ4v) is 5.51. The average Bonchev–Trinajstić information content (AvgIpc) is 2.87. The highest BCUT2D eigenvalue weighted by Crippen LogP contribution is 2.32. The summed E-state index contributed by atoms with van der Waals surface area (Å²) < 4.78 is 5.50. The summed E-state index contributed by atoms with van der Waals surface area (Å²) in [4.78, 5) is 25.0. The van der Waals surface area contributed by atoms with E-state index in [1.807, 2.05) is 17.2 Å². The molecule has 1 aromatic heterocycles. The number of hydrogen-bond donors (Lipinski definition) is 0. The van der Waals surface area contributed by atoms with Crippen LogP contribution < -0.4 is 9.80 Å². The van der Waals surface area contributed by atoms with Crippen LogP contribution >= 0.6 is 0 Å². The zero-order chi connectivity index (χ0) is 22.6. The number of rotatable bonds is 5. The van der Waals surface area contributed by atoms with E-state index in [2.05, 4.69) is 47.2 Å². The van der Waals surface area contributed by atoms with Gasteiger partial charge in [-0.05, 0) is 68.5 Å². The molecule has 33 heavy (non-hydrogen) atoms. The van der Waals surface area contributed by atoms with Crippen molar-refractivity contribution in [1.82, 2.24) is 9.88 Å². The normalized spacial score (nSPS) is 23.2. The summed E-state index contributed by atoms with van der Waals surface area (Å²) in [5.41, 5.74) is 4.67. The van der Waals surface area contributed by atoms with Gasteiger partial charge in [0.1, 0.15) is 0 Å². The molecule has 1 amide bonds. The molecule has 3 aliphatic rings. The molecule has 0 bridgehead atoms. The summed E-state index contributed by atoms with van der Waals surface area (Å²) in [5.74, 6) is 0.819. The minimum absolute atomic E-state index is 0.00460. The van der Waals surface area contributed by atoms with Crippen LogP contribution in [-0.2, 0) is 16.0 Å². The maximum atomic E-state index is 13.5. The number of likely N-dealkylation sites (N-methyl/N-ethyl adjacent to an activating group) is 1. The molecule has 0 saturated carbocycles. The highest BCUT2D eigenvalue weighted by molar-refractivity contribution is 5.96. The smallest absolute Gasteiger partial charge is 0.230 e. The number of amides is 1. The Kier molecular flexibility index (Phi) is 6.93. The van der Waals surface area contributed by atoms with Crippen LogP contribution in [0, 0.1) is 5.92 Å². The number of benzene rings is 1. The summed E-state index contributed by atoms with van der Waals surface area (Å²) in [5, 5.41) is 0. The number of aromatic nitrogens is 1. The minimum Gasteiger partial charge on any atom is -0.381 e. The van der Waals surface area contributed by atoms with Gasteiger partial charge in [0.05, 0.1) is 11.4 Å². The van der Waals surface area contributed by atoms with Crippen LogP contribution in [0.4, 0.5) is 11.4 Å². The Morgan fingerprint density at radius 1 is 0.970 bits per heavy atom. The predicted molar refractivity (Wildman–Crippen MR) is 132 cm³/mol. The Bertz CT molecular complexity index is 933. The first-order valence-corrected chi connectivity index (χ1v) is 12.6. The van der Waals surface area contributed by atoms with E-state index in [0.29, 0.717) is 5.92 Å². The quantitative estimate of drug-likeness (QED) is 0.698. The average molecular weight is 449 g/mol. The summed E-state index contributed by atoms with van der Waals surface area (Å²) in [6.45, 7) is 6.66. The van der Waals surface area contributed by atoms with Gasteiger partial charge in [0.2, 0.25) is 5.91 Å². The topological polar surface area (TPSA) is 48.9 Å². The molecule has 1 aromatic carbocycles. The van der Waals surface area contributed by atoms with Crippen molar-refractivity contribution in [2.75, 3.05) is 62.8 Å². The maximum Gasteiger partial charge on any atom is 0.230 e. The van der Waals surface area contributed by atoms with Crippen LogP contribution in [0.2, 0.25) is 0 Å². The molecule has 0 N–H and O–H groups in total. The van der Waals surface area contributed by atoms with Gasteiger partial charge in [0.15, 0.2) is 0 Å². The largest absolute Gasteiger partial charge is 0.381 e. The zero-order valence-electron chi connectivity index (χ0n) is 19.8. The molecule has 176 valence electrons.